The maximum absolute atomic E-state index is 5.79. The van der Waals surface area contributed by atoms with Gasteiger partial charge in [0.1, 0.15) is 5.82 Å². The minimum absolute atomic E-state index is 0.486. The summed E-state index contributed by atoms with van der Waals surface area (Å²) in [5.41, 5.74) is 6.35. The molecule has 1 heterocycles. The molecule has 0 aliphatic carbocycles. The highest BCUT2D eigenvalue weighted by atomic mass is 16.5. The lowest BCUT2D eigenvalue weighted by atomic mass is 10.4. The van der Waals surface area contributed by atoms with Crippen molar-refractivity contribution < 1.29 is 9.47 Å². The summed E-state index contributed by atoms with van der Waals surface area (Å²) in [5, 5.41) is 3.17. The minimum atomic E-state index is 0.486. The highest BCUT2D eigenvalue weighted by Gasteiger charge is 2.03. The first-order valence-electron chi connectivity index (χ1n) is 6.59. The van der Waals surface area contributed by atoms with Gasteiger partial charge in [0.05, 0.1) is 25.5 Å². The molecule has 19 heavy (non-hydrogen) atoms. The summed E-state index contributed by atoms with van der Waals surface area (Å²) in [6.45, 7) is 8.32. The lowest BCUT2D eigenvalue weighted by molar-refractivity contribution is 0.149. The van der Waals surface area contributed by atoms with Crippen molar-refractivity contribution in [1.82, 2.24) is 4.98 Å². The number of rotatable bonds is 10. The van der Waals surface area contributed by atoms with Crippen LogP contribution in [0.4, 0.5) is 11.5 Å². The number of aromatic nitrogens is 1. The van der Waals surface area contributed by atoms with Crippen molar-refractivity contribution in [1.29, 1.82) is 0 Å². The molecule has 0 unspecified atom stereocenters. The molecule has 5 heteroatoms. The van der Waals surface area contributed by atoms with Crippen LogP contribution in [0.2, 0.25) is 0 Å². The van der Waals surface area contributed by atoms with Gasteiger partial charge in [-0.3, -0.25) is 0 Å². The number of pyridine rings is 1. The normalized spacial score (nSPS) is 10.2. The quantitative estimate of drug-likeness (QED) is 0.502. The number of anilines is 2. The van der Waals surface area contributed by atoms with E-state index in [1.165, 1.54) is 0 Å². The number of nitrogens with zero attached hydrogens (tertiary/aromatic N) is 1. The van der Waals surface area contributed by atoms with Gasteiger partial charge < -0.3 is 20.5 Å². The fourth-order valence-electron chi connectivity index (χ4n) is 1.38. The Balaban J connectivity index is 2.34. The highest BCUT2D eigenvalue weighted by Crippen LogP contribution is 2.20. The third-order valence-electron chi connectivity index (χ3n) is 2.35. The fourth-order valence-corrected chi connectivity index (χ4v) is 1.38. The second-order valence-electron chi connectivity index (χ2n) is 4.06. The fraction of sp³-hybridized carbons (Fsp3) is 0.500. The predicted molar refractivity (Wildman–Crippen MR) is 78.6 cm³/mol. The van der Waals surface area contributed by atoms with Gasteiger partial charge in [-0.05, 0) is 25.0 Å². The summed E-state index contributed by atoms with van der Waals surface area (Å²) in [6.07, 6.45) is 3.64. The lowest BCUT2D eigenvalue weighted by Crippen LogP contribution is -2.11. The number of nitrogens with two attached hydrogens (primary N) is 1. The maximum Gasteiger partial charge on any atom is 0.239 e. The van der Waals surface area contributed by atoms with Gasteiger partial charge in [-0.1, -0.05) is 13.0 Å². The van der Waals surface area contributed by atoms with Gasteiger partial charge in [-0.2, -0.15) is 4.98 Å². The smallest absolute Gasteiger partial charge is 0.239 e. The second-order valence-corrected chi connectivity index (χ2v) is 4.06. The Bertz CT molecular complexity index is 383. The Labute approximate surface area is 114 Å². The Morgan fingerprint density at radius 2 is 2.21 bits per heavy atom. The average Bonchev–Trinajstić information content (AvgIpc) is 2.43. The van der Waals surface area contributed by atoms with Gasteiger partial charge in [0.15, 0.2) is 0 Å². The summed E-state index contributed by atoms with van der Waals surface area (Å²) in [5.74, 6) is 1.23. The van der Waals surface area contributed by atoms with Crippen LogP contribution in [0.5, 0.6) is 5.88 Å². The Kier molecular flexibility index (Phi) is 7.43. The van der Waals surface area contributed by atoms with Crippen molar-refractivity contribution in [3.63, 3.8) is 0 Å². The summed E-state index contributed by atoms with van der Waals surface area (Å²) >= 11 is 0. The molecule has 0 bridgehead atoms. The van der Waals surface area contributed by atoms with Gasteiger partial charge in [-0.15, -0.1) is 6.58 Å². The summed E-state index contributed by atoms with van der Waals surface area (Å²) in [4.78, 5) is 4.31. The van der Waals surface area contributed by atoms with E-state index in [9.17, 15) is 0 Å². The largest absolute Gasteiger partial charge is 0.476 e. The first-order chi connectivity index (χ1) is 9.27. The van der Waals surface area contributed by atoms with Crippen molar-refractivity contribution >= 4 is 11.5 Å². The predicted octanol–water partition coefficient (Wildman–Crippen LogP) is 2.46. The van der Waals surface area contributed by atoms with Crippen LogP contribution in [0, 0.1) is 0 Å². The van der Waals surface area contributed by atoms with E-state index >= 15 is 0 Å². The van der Waals surface area contributed by atoms with E-state index in [4.69, 9.17) is 15.2 Å². The second kappa shape index (κ2) is 9.22. The van der Waals surface area contributed by atoms with E-state index in [1.54, 1.807) is 6.07 Å². The Morgan fingerprint density at radius 1 is 1.37 bits per heavy atom. The zero-order chi connectivity index (χ0) is 13.9. The van der Waals surface area contributed by atoms with Crippen LogP contribution in [0.15, 0.2) is 24.8 Å². The van der Waals surface area contributed by atoms with Crippen molar-refractivity contribution in [2.75, 3.05) is 37.4 Å². The van der Waals surface area contributed by atoms with Gasteiger partial charge in [-0.25, -0.2) is 0 Å². The highest BCUT2D eigenvalue weighted by molar-refractivity contribution is 5.53. The molecular weight excluding hydrogens is 242 g/mol. The zero-order valence-corrected chi connectivity index (χ0v) is 11.5. The van der Waals surface area contributed by atoms with Gasteiger partial charge in [0, 0.05) is 6.54 Å². The SMILES string of the molecule is C=CCCOCCNc1ccc(N)c(OCCC)n1. The molecule has 0 fully saturated rings. The third-order valence-corrected chi connectivity index (χ3v) is 2.35. The number of hydrogen-bond donors (Lipinski definition) is 2. The first-order valence-corrected chi connectivity index (χ1v) is 6.59. The molecule has 106 valence electrons. The molecule has 1 rings (SSSR count). The molecule has 0 saturated heterocycles. The van der Waals surface area contributed by atoms with Crippen LogP contribution >= 0.6 is 0 Å². The van der Waals surface area contributed by atoms with E-state index in [0.717, 1.165) is 18.7 Å². The van der Waals surface area contributed by atoms with Crippen LogP contribution in [-0.4, -0.2) is 31.3 Å². The molecule has 0 aliphatic heterocycles. The molecule has 0 spiro atoms. The minimum Gasteiger partial charge on any atom is -0.476 e. The molecule has 0 saturated carbocycles. The van der Waals surface area contributed by atoms with Gasteiger partial charge in [0.2, 0.25) is 5.88 Å². The van der Waals surface area contributed by atoms with E-state index in [0.29, 0.717) is 37.9 Å². The molecule has 0 aliphatic rings. The number of hydrogen-bond acceptors (Lipinski definition) is 5. The van der Waals surface area contributed by atoms with Gasteiger partial charge in [0.25, 0.3) is 0 Å². The van der Waals surface area contributed by atoms with Crippen LogP contribution < -0.4 is 15.8 Å². The van der Waals surface area contributed by atoms with Crippen molar-refractivity contribution in [3.05, 3.63) is 24.8 Å². The van der Waals surface area contributed by atoms with Crippen molar-refractivity contribution in [3.8, 4) is 5.88 Å². The van der Waals surface area contributed by atoms with E-state index in [2.05, 4.69) is 16.9 Å². The number of nitrogens with one attached hydrogen (secondary N) is 1. The standard InChI is InChI=1S/C14H23N3O2/c1-3-5-10-18-11-8-16-13-7-6-12(15)14(17-13)19-9-4-2/h3,6-7H,1,4-5,8-11,15H2,2H3,(H,16,17). The monoisotopic (exact) mass is 265 g/mol. The van der Waals surface area contributed by atoms with E-state index in [1.807, 2.05) is 19.1 Å². The maximum atomic E-state index is 5.79. The molecule has 5 nitrogen and oxygen atoms in total. The Morgan fingerprint density at radius 3 is 2.95 bits per heavy atom. The zero-order valence-electron chi connectivity index (χ0n) is 11.5. The van der Waals surface area contributed by atoms with Crippen molar-refractivity contribution in [2.45, 2.75) is 19.8 Å². The molecule has 0 aromatic carbocycles. The lowest BCUT2D eigenvalue weighted by Gasteiger charge is -2.10. The van der Waals surface area contributed by atoms with Crippen LogP contribution in [-0.2, 0) is 4.74 Å². The topological polar surface area (TPSA) is 69.4 Å². The molecule has 0 radical (unpaired) electrons. The van der Waals surface area contributed by atoms with Crippen LogP contribution in [0.1, 0.15) is 19.8 Å². The van der Waals surface area contributed by atoms with Crippen LogP contribution in [0.3, 0.4) is 0 Å². The third kappa shape index (κ3) is 6.10. The molecule has 1 aromatic rings. The summed E-state index contributed by atoms with van der Waals surface area (Å²) < 4.78 is 10.9. The molecule has 1 aromatic heterocycles. The molecule has 0 atom stereocenters. The summed E-state index contributed by atoms with van der Waals surface area (Å²) in [6, 6.07) is 3.62. The number of ether oxygens (including phenoxy) is 2. The molecular formula is C14H23N3O2. The molecule has 3 N–H and O–H groups in total. The van der Waals surface area contributed by atoms with Gasteiger partial charge >= 0.3 is 0 Å². The number of nitrogen functional groups attached to an aromatic ring is 1. The first kappa shape index (κ1) is 15.3. The van der Waals surface area contributed by atoms with Crippen LogP contribution in [0.25, 0.3) is 0 Å². The average molecular weight is 265 g/mol. The Hall–Kier alpha value is -1.75. The van der Waals surface area contributed by atoms with Crippen molar-refractivity contribution in [2.24, 2.45) is 0 Å². The summed E-state index contributed by atoms with van der Waals surface area (Å²) in [7, 11) is 0. The van der Waals surface area contributed by atoms with E-state index in [-0.39, 0.29) is 0 Å². The van der Waals surface area contributed by atoms with E-state index < -0.39 is 0 Å². The molecule has 0 amide bonds.